The second kappa shape index (κ2) is 12.9. The van der Waals surface area contributed by atoms with Crippen LogP contribution in [0.2, 0.25) is 0 Å². The van der Waals surface area contributed by atoms with E-state index in [1.54, 1.807) is 13.2 Å². The van der Waals surface area contributed by atoms with Crippen LogP contribution in [0.5, 0.6) is 0 Å². The van der Waals surface area contributed by atoms with Gasteiger partial charge in [0.1, 0.15) is 11.9 Å². The molecule has 10 heteroatoms. The van der Waals surface area contributed by atoms with E-state index < -0.39 is 68.5 Å². The summed E-state index contributed by atoms with van der Waals surface area (Å²) in [7, 11) is 1.68. The number of hydrogen-bond acceptors (Lipinski definition) is 10. The minimum Gasteiger partial charge on any atom is -0.447 e. The van der Waals surface area contributed by atoms with Crippen molar-refractivity contribution in [1.29, 1.82) is 0 Å². The van der Waals surface area contributed by atoms with Crippen LogP contribution >= 0.6 is 0 Å². The Kier molecular flexibility index (Phi) is 9.07. The molecule has 0 amide bonds. The third-order valence-electron chi connectivity index (χ3n) is 18.7. The number of rotatable bonds is 10. The number of allylic oxidation sites excluding steroid dienone is 1. The zero-order valence-electron chi connectivity index (χ0n) is 32.6. The lowest BCUT2D eigenvalue weighted by atomic mass is 9.35. The maximum atomic E-state index is 14.0. The van der Waals surface area contributed by atoms with E-state index in [4.69, 9.17) is 9.47 Å². The van der Waals surface area contributed by atoms with E-state index in [0.29, 0.717) is 82.9 Å². The van der Waals surface area contributed by atoms with Crippen LogP contribution in [-0.4, -0.2) is 99.7 Å². The number of hydrogen-bond donors (Lipinski definition) is 6. The number of carbonyl (C=O) groups is 2. The van der Waals surface area contributed by atoms with Crippen LogP contribution in [0.3, 0.4) is 0 Å². The fraction of sp³-hybridized carbons (Fsp3) is 0.864. The second-order valence-corrected chi connectivity index (χ2v) is 19.8. The number of aliphatic hydroxyl groups is 5. The van der Waals surface area contributed by atoms with Crippen LogP contribution < -0.4 is 5.32 Å². The molecule has 0 unspecified atom stereocenters. The average Bonchev–Trinajstić information content (AvgIpc) is 3.82. The molecule has 0 aromatic rings. The summed E-state index contributed by atoms with van der Waals surface area (Å²) in [4.78, 5) is 27.4. The second-order valence-electron chi connectivity index (χ2n) is 19.8. The van der Waals surface area contributed by atoms with E-state index in [1.165, 1.54) is 25.7 Å². The van der Waals surface area contributed by atoms with Gasteiger partial charge in [-0.25, -0.2) is 4.79 Å². The Morgan fingerprint density at radius 3 is 2.54 bits per heavy atom. The molecule has 1 spiro atoms. The topological polar surface area (TPSA) is 166 Å². The van der Waals surface area contributed by atoms with Gasteiger partial charge in [-0.2, -0.15) is 0 Å². The molecule has 7 fully saturated rings. The monoisotopic (exact) mass is 751 g/mol. The molecule has 54 heavy (non-hydrogen) atoms. The molecule has 300 valence electrons. The molecule has 9 aliphatic rings. The van der Waals surface area contributed by atoms with Crippen molar-refractivity contribution < 1.29 is 44.6 Å². The molecule has 10 nitrogen and oxygen atoms in total. The number of methoxy groups -OCH3 is 1. The maximum absolute atomic E-state index is 14.0. The van der Waals surface area contributed by atoms with Crippen molar-refractivity contribution in [2.45, 2.75) is 145 Å². The van der Waals surface area contributed by atoms with Crippen LogP contribution in [0.4, 0.5) is 0 Å². The van der Waals surface area contributed by atoms with Gasteiger partial charge < -0.3 is 45.1 Å². The molecule has 0 saturated heterocycles. The van der Waals surface area contributed by atoms with Gasteiger partial charge in [0.25, 0.3) is 0 Å². The Morgan fingerprint density at radius 2 is 1.80 bits per heavy atom. The average molecular weight is 752 g/mol. The van der Waals surface area contributed by atoms with Gasteiger partial charge in [-0.1, -0.05) is 38.7 Å². The molecular weight excluding hydrogens is 686 g/mol. The first kappa shape index (κ1) is 37.9. The Hall–Kier alpha value is -1.66. The number of ether oxygens (including phenoxy) is 2. The summed E-state index contributed by atoms with van der Waals surface area (Å²) in [6.07, 6.45) is 15.4. The highest BCUT2D eigenvalue weighted by atomic mass is 16.6. The molecule has 9 rings (SSSR count). The van der Waals surface area contributed by atoms with Gasteiger partial charge in [0.15, 0.2) is 5.60 Å². The Bertz CT molecular complexity index is 1590. The molecule has 1 aliphatic heterocycles. The summed E-state index contributed by atoms with van der Waals surface area (Å²) in [5, 5.41) is 68.3. The molecule has 8 aliphatic carbocycles. The quantitative estimate of drug-likeness (QED) is 0.0827. The number of aliphatic hydroxyl groups excluding tert-OH is 2. The smallest absolute Gasteiger partial charge is 0.332 e. The van der Waals surface area contributed by atoms with E-state index in [1.807, 2.05) is 0 Å². The van der Waals surface area contributed by atoms with Crippen LogP contribution in [-0.2, 0) is 19.1 Å². The predicted molar refractivity (Wildman–Crippen MR) is 200 cm³/mol. The highest BCUT2D eigenvalue weighted by Gasteiger charge is 2.86. The molecular formula is C44H65NO9. The minimum absolute atomic E-state index is 0.143. The summed E-state index contributed by atoms with van der Waals surface area (Å²) < 4.78 is 11.6. The maximum Gasteiger partial charge on any atom is 0.332 e. The Morgan fingerprint density at radius 1 is 1.00 bits per heavy atom. The molecule has 0 aromatic carbocycles. The van der Waals surface area contributed by atoms with E-state index in [9.17, 15) is 35.1 Å². The number of nitrogens with one attached hydrogen (secondary N) is 1. The van der Waals surface area contributed by atoms with Crippen LogP contribution in [0, 0.1) is 57.7 Å². The lowest BCUT2D eigenvalue weighted by Gasteiger charge is -2.72. The highest BCUT2D eigenvalue weighted by molar-refractivity contribution is 5.89. The van der Waals surface area contributed by atoms with Crippen molar-refractivity contribution >= 4 is 12.3 Å². The van der Waals surface area contributed by atoms with Crippen LogP contribution in [0.15, 0.2) is 23.3 Å². The Balaban J connectivity index is 1.18. The van der Waals surface area contributed by atoms with Crippen molar-refractivity contribution in [1.82, 2.24) is 5.32 Å². The number of fused-ring (bicyclic) bond motifs is 3. The molecule has 0 aromatic heterocycles. The number of esters is 1. The van der Waals surface area contributed by atoms with E-state index >= 15 is 0 Å². The lowest BCUT2D eigenvalue weighted by molar-refractivity contribution is -0.348. The highest BCUT2D eigenvalue weighted by Crippen LogP contribution is 2.82. The van der Waals surface area contributed by atoms with Gasteiger partial charge in [0, 0.05) is 49.0 Å². The fourth-order valence-electron chi connectivity index (χ4n) is 16.5. The summed E-state index contributed by atoms with van der Waals surface area (Å²) in [6.45, 7) is 3.89. The first-order valence-electron chi connectivity index (χ1n) is 21.7. The van der Waals surface area contributed by atoms with Gasteiger partial charge >= 0.3 is 5.97 Å². The van der Waals surface area contributed by atoms with Gasteiger partial charge in [-0.3, -0.25) is 0 Å². The van der Waals surface area contributed by atoms with E-state index in [2.05, 4.69) is 18.3 Å². The van der Waals surface area contributed by atoms with Crippen molar-refractivity contribution in [3.05, 3.63) is 23.3 Å². The summed E-state index contributed by atoms with van der Waals surface area (Å²) in [5.74, 6) is -1.18. The van der Waals surface area contributed by atoms with Gasteiger partial charge in [-0.15, -0.1) is 0 Å². The summed E-state index contributed by atoms with van der Waals surface area (Å²) in [6, 6.07) is 0. The predicted octanol–water partition coefficient (Wildman–Crippen LogP) is 4.15. The fourth-order valence-corrected chi connectivity index (χ4v) is 16.5. The molecule has 2 bridgehead atoms. The lowest BCUT2D eigenvalue weighted by Crippen LogP contribution is -2.81. The SMILES string of the molecule is COCCCNCC1=C[C@@H]2C[C@@]3(O)[C@]4(CCC[C@@]15OC(=O)C=C5[C@@]24CO)CC[C@H]1[C@@]3(O)C[C@H]2C[C@@H]([C@@H](C)C3CCCC3)CC[C@H]3[C@@H](O)CC[C@@]1(C=O)[C@]23O. The van der Waals surface area contributed by atoms with Crippen molar-refractivity contribution in [3.63, 3.8) is 0 Å². The third-order valence-corrected chi connectivity index (χ3v) is 18.7. The van der Waals surface area contributed by atoms with Crippen LogP contribution in [0.25, 0.3) is 0 Å². The molecule has 6 N–H and O–H groups in total. The van der Waals surface area contributed by atoms with Crippen molar-refractivity contribution in [2.24, 2.45) is 57.7 Å². The van der Waals surface area contributed by atoms with Crippen molar-refractivity contribution in [2.75, 3.05) is 33.4 Å². The molecule has 7 saturated carbocycles. The Labute approximate surface area is 320 Å². The molecule has 1 heterocycles. The molecule has 0 radical (unpaired) electrons. The zero-order valence-corrected chi connectivity index (χ0v) is 32.6. The summed E-state index contributed by atoms with van der Waals surface area (Å²) in [5.41, 5.74) is -7.66. The first-order chi connectivity index (χ1) is 25.9. The summed E-state index contributed by atoms with van der Waals surface area (Å²) >= 11 is 0. The normalized spacial score (nSPS) is 51.1. The molecule has 14 atom stereocenters. The zero-order chi connectivity index (χ0) is 37.9. The van der Waals surface area contributed by atoms with E-state index in [0.717, 1.165) is 30.3 Å². The minimum atomic E-state index is -1.75. The third kappa shape index (κ3) is 4.43. The van der Waals surface area contributed by atoms with Crippen LogP contribution in [0.1, 0.15) is 116 Å². The van der Waals surface area contributed by atoms with Crippen molar-refractivity contribution in [3.8, 4) is 0 Å². The largest absolute Gasteiger partial charge is 0.447 e. The van der Waals surface area contributed by atoms with Gasteiger partial charge in [0.2, 0.25) is 0 Å². The van der Waals surface area contributed by atoms with Gasteiger partial charge in [-0.05, 0) is 131 Å². The number of aldehydes is 1. The van der Waals surface area contributed by atoms with Gasteiger partial charge in [0.05, 0.1) is 29.3 Å². The standard InChI is InChI=1S/C44H65NO9/c1-27(28-7-3-4-8-28)29-9-10-33-34(48)11-15-38(25-46)35-12-16-39-13-5-14-41-32(24-45-17-6-18-53-2)20-30(40(39,26-47)36(41)21-37(49)54-41)23-43(39,51)42(35,50)22-31(19-29)44(33,38)52/h20-21,25,27-31,33-35,45,47-48,50-52H,3-19,22-24,26H2,1-2H3/t27-,29-,30+,31+,33-,34-,35+,38-,39+,40+,41+,42-,43+,44-/m0/s1. The number of carbonyl (C=O) groups excluding carboxylic acids is 2. The van der Waals surface area contributed by atoms with E-state index in [-0.39, 0.29) is 37.7 Å². The first-order valence-corrected chi connectivity index (χ1v) is 21.7.